The zero-order valence-corrected chi connectivity index (χ0v) is 21.0. The number of amides is 2. The number of carbonyl (C=O) groups is 3. The monoisotopic (exact) mass is 532 g/mol. The summed E-state index contributed by atoms with van der Waals surface area (Å²) in [5, 5.41) is 14.4. The minimum atomic E-state index is -0.401. The van der Waals surface area contributed by atoms with Crippen LogP contribution in [0.2, 0.25) is 0 Å². The first kappa shape index (κ1) is 23.6. The van der Waals surface area contributed by atoms with Crippen molar-refractivity contribution >= 4 is 62.4 Å². The Hall–Kier alpha value is -3.16. The first-order valence-corrected chi connectivity index (χ1v) is 13.4. The molecule has 2 aliphatic rings. The van der Waals surface area contributed by atoms with Gasteiger partial charge < -0.3 is 19.5 Å². The summed E-state index contributed by atoms with van der Waals surface area (Å²) < 4.78 is 16.3. The second-order valence-corrected chi connectivity index (χ2v) is 10.8. The van der Waals surface area contributed by atoms with Crippen molar-refractivity contribution in [2.75, 3.05) is 29.8 Å². The van der Waals surface area contributed by atoms with Crippen molar-refractivity contribution in [2.45, 2.75) is 30.5 Å². The third-order valence-corrected chi connectivity index (χ3v) is 8.42. The van der Waals surface area contributed by atoms with E-state index in [1.807, 2.05) is 0 Å². The molecule has 0 saturated carbocycles. The van der Waals surface area contributed by atoms with Crippen molar-refractivity contribution in [1.82, 2.24) is 10.2 Å². The number of hydrogen-bond acceptors (Lipinski definition) is 11. The molecule has 0 saturated heterocycles. The molecule has 35 heavy (non-hydrogen) atoms. The van der Waals surface area contributed by atoms with Crippen LogP contribution in [0.5, 0.6) is 11.5 Å². The predicted molar refractivity (Wildman–Crippen MR) is 132 cm³/mol. The second-order valence-electron chi connectivity index (χ2n) is 7.51. The minimum Gasteiger partial charge on any atom is -0.462 e. The van der Waals surface area contributed by atoms with Crippen LogP contribution in [0.15, 0.2) is 22.5 Å². The molecule has 0 spiro atoms. The molecular formula is C22H20N4O6S3. The maximum absolute atomic E-state index is 12.6. The number of aromatic nitrogens is 2. The van der Waals surface area contributed by atoms with Crippen molar-refractivity contribution in [3.05, 3.63) is 39.8 Å². The van der Waals surface area contributed by atoms with Gasteiger partial charge in [-0.15, -0.1) is 21.5 Å². The zero-order valence-electron chi connectivity index (χ0n) is 18.5. The van der Waals surface area contributed by atoms with Gasteiger partial charge in [0.1, 0.15) is 5.00 Å². The van der Waals surface area contributed by atoms with Crippen molar-refractivity contribution in [3.63, 3.8) is 0 Å². The summed E-state index contributed by atoms with van der Waals surface area (Å²) >= 11 is 3.80. The van der Waals surface area contributed by atoms with Crippen LogP contribution in [0, 0.1) is 0 Å². The van der Waals surface area contributed by atoms with Crippen LogP contribution >= 0.6 is 34.4 Å². The highest BCUT2D eigenvalue weighted by atomic mass is 32.2. The number of anilines is 2. The highest BCUT2D eigenvalue weighted by molar-refractivity contribution is 8.01. The van der Waals surface area contributed by atoms with Gasteiger partial charge in [-0.2, -0.15) is 0 Å². The molecule has 182 valence electrons. The van der Waals surface area contributed by atoms with E-state index in [2.05, 4.69) is 20.8 Å². The van der Waals surface area contributed by atoms with Crippen LogP contribution in [0.1, 0.15) is 44.5 Å². The second kappa shape index (κ2) is 10.2. The number of fused-ring (bicyclic) bond motifs is 2. The number of ether oxygens (including phenoxy) is 3. The number of carbonyl (C=O) groups excluding carboxylic acids is 3. The molecule has 0 bridgehead atoms. The molecule has 0 radical (unpaired) electrons. The summed E-state index contributed by atoms with van der Waals surface area (Å²) in [7, 11) is 0. The van der Waals surface area contributed by atoms with Crippen molar-refractivity contribution in [1.29, 1.82) is 0 Å². The highest BCUT2D eigenvalue weighted by Gasteiger charge is 2.28. The molecule has 3 aromatic rings. The van der Waals surface area contributed by atoms with Gasteiger partial charge in [0.15, 0.2) is 15.8 Å². The fraction of sp³-hybridized carbons (Fsp3) is 0.318. The van der Waals surface area contributed by atoms with E-state index in [0.29, 0.717) is 37.1 Å². The van der Waals surface area contributed by atoms with Gasteiger partial charge in [-0.1, -0.05) is 23.1 Å². The lowest BCUT2D eigenvalue weighted by Crippen LogP contribution is -2.16. The normalized spacial score (nSPS) is 13.4. The predicted octanol–water partition coefficient (Wildman–Crippen LogP) is 3.98. The smallest absolute Gasteiger partial charge is 0.341 e. The van der Waals surface area contributed by atoms with Gasteiger partial charge in [-0.3, -0.25) is 14.9 Å². The number of thioether (sulfide) groups is 1. The molecule has 0 fully saturated rings. The number of thiophene rings is 1. The maximum Gasteiger partial charge on any atom is 0.341 e. The molecule has 0 atom stereocenters. The Morgan fingerprint density at radius 1 is 1.11 bits per heavy atom. The van der Waals surface area contributed by atoms with E-state index < -0.39 is 5.97 Å². The van der Waals surface area contributed by atoms with E-state index in [4.69, 9.17) is 14.2 Å². The molecule has 1 aliphatic carbocycles. The van der Waals surface area contributed by atoms with Gasteiger partial charge in [0.2, 0.25) is 17.8 Å². The van der Waals surface area contributed by atoms with Crippen molar-refractivity contribution in [2.24, 2.45) is 0 Å². The Morgan fingerprint density at radius 2 is 1.97 bits per heavy atom. The summed E-state index contributed by atoms with van der Waals surface area (Å²) in [6.07, 6.45) is 2.72. The average Bonchev–Trinajstić information content (AvgIpc) is 3.62. The first-order valence-electron chi connectivity index (χ1n) is 10.8. The van der Waals surface area contributed by atoms with Crippen LogP contribution < -0.4 is 20.1 Å². The highest BCUT2D eigenvalue weighted by Crippen LogP contribution is 2.40. The summed E-state index contributed by atoms with van der Waals surface area (Å²) in [6.45, 7) is 2.16. The largest absolute Gasteiger partial charge is 0.462 e. The number of nitrogens with one attached hydrogen (secondary N) is 2. The summed E-state index contributed by atoms with van der Waals surface area (Å²) in [6, 6.07) is 4.91. The third-order valence-electron chi connectivity index (χ3n) is 5.24. The number of rotatable bonds is 8. The molecular weight excluding hydrogens is 512 g/mol. The molecule has 3 heterocycles. The molecule has 2 aromatic heterocycles. The Balaban J connectivity index is 1.17. The number of aryl methyl sites for hydroxylation is 1. The van der Waals surface area contributed by atoms with E-state index in [1.165, 1.54) is 23.1 Å². The van der Waals surface area contributed by atoms with E-state index in [1.54, 1.807) is 25.1 Å². The lowest BCUT2D eigenvalue weighted by atomic mass is 10.1. The lowest BCUT2D eigenvalue weighted by Gasteiger charge is -2.07. The van der Waals surface area contributed by atoms with E-state index in [-0.39, 0.29) is 31.0 Å². The van der Waals surface area contributed by atoms with Gasteiger partial charge in [-0.05, 0) is 49.9 Å². The van der Waals surface area contributed by atoms with Gasteiger partial charge in [0.05, 0.1) is 17.9 Å². The molecule has 2 N–H and O–H groups in total. The third kappa shape index (κ3) is 5.11. The van der Waals surface area contributed by atoms with Gasteiger partial charge in [-0.25, -0.2) is 4.79 Å². The van der Waals surface area contributed by atoms with Crippen LogP contribution in [0.25, 0.3) is 0 Å². The lowest BCUT2D eigenvalue weighted by molar-refractivity contribution is -0.113. The molecule has 13 heteroatoms. The van der Waals surface area contributed by atoms with Gasteiger partial charge >= 0.3 is 5.97 Å². The zero-order chi connectivity index (χ0) is 24.4. The van der Waals surface area contributed by atoms with Gasteiger partial charge in [0, 0.05) is 10.4 Å². The summed E-state index contributed by atoms with van der Waals surface area (Å²) in [5.74, 6) is 0.167. The van der Waals surface area contributed by atoms with E-state index in [0.717, 1.165) is 41.0 Å². The number of nitrogens with zero attached hydrogens (tertiary/aromatic N) is 2. The number of esters is 1. The molecule has 1 aromatic carbocycles. The average molecular weight is 533 g/mol. The van der Waals surface area contributed by atoms with Crippen LogP contribution in [-0.4, -0.2) is 47.1 Å². The van der Waals surface area contributed by atoms with Crippen LogP contribution in [0.4, 0.5) is 10.1 Å². The Morgan fingerprint density at radius 3 is 2.83 bits per heavy atom. The molecule has 0 unspecified atom stereocenters. The Kier molecular flexibility index (Phi) is 6.88. The molecule has 1 aliphatic heterocycles. The fourth-order valence-electron chi connectivity index (χ4n) is 3.73. The van der Waals surface area contributed by atoms with Crippen molar-refractivity contribution in [3.8, 4) is 11.5 Å². The molecule has 10 nitrogen and oxygen atoms in total. The van der Waals surface area contributed by atoms with E-state index in [9.17, 15) is 14.4 Å². The van der Waals surface area contributed by atoms with Crippen LogP contribution in [0.3, 0.4) is 0 Å². The number of hydrogen-bond donors (Lipinski definition) is 2. The fourth-order valence-corrected chi connectivity index (χ4v) is 6.57. The quantitative estimate of drug-likeness (QED) is 0.251. The Labute approximate surface area is 212 Å². The minimum absolute atomic E-state index is 0.0789. The SMILES string of the molecule is CCOC(=O)c1c(NC(=O)CSc2nnc(NC(=O)c3ccc4c(c3)OCO4)s2)sc2c1CCC2. The van der Waals surface area contributed by atoms with Gasteiger partial charge in [0.25, 0.3) is 5.91 Å². The first-order chi connectivity index (χ1) is 17.0. The maximum atomic E-state index is 12.6. The topological polar surface area (TPSA) is 129 Å². The Bertz CT molecular complexity index is 1300. The molecule has 2 amide bonds. The van der Waals surface area contributed by atoms with E-state index >= 15 is 0 Å². The standard InChI is InChI=1S/C22H20N4O6S3/c1-2-30-20(29)17-12-4-3-5-15(12)34-19(17)23-16(27)9-33-22-26-25-21(35-22)24-18(28)11-6-7-13-14(8-11)32-10-31-13/h6-8H,2-5,9-10H2,1H3,(H,23,27)(H,24,25,28). The van der Waals surface area contributed by atoms with Crippen molar-refractivity contribution < 1.29 is 28.6 Å². The summed E-state index contributed by atoms with van der Waals surface area (Å²) in [5.41, 5.74) is 1.87. The number of benzene rings is 1. The summed E-state index contributed by atoms with van der Waals surface area (Å²) in [4.78, 5) is 38.7. The van der Waals surface area contributed by atoms with Crippen LogP contribution in [-0.2, 0) is 22.4 Å². The molecule has 5 rings (SSSR count).